The predicted molar refractivity (Wildman–Crippen MR) is 53.7 cm³/mol. The maximum atomic E-state index is 5.46. The van der Waals surface area contributed by atoms with Crippen molar-refractivity contribution in [2.24, 2.45) is 0 Å². The summed E-state index contributed by atoms with van der Waals surface area (Å²) in [5.74, 6) is 0.779. The highest BCUT2D eigenvalue weighted by molar-refractivity contribution is 7.07. The zero-order valence-electron chi connectivity index (χ0n) is 7.89. The van der Waals surface area contributed by atoms with E-state index in [1.165, 1.54) is 0 Å². The second kappa shape index (κ2) is 3.71. The highest BCUT2D eigenvalue weighted by Gasteiger charge is 2.02. The molecule has 1 aromatic heterocycles. The molecule has 14 heavy (non-hydrogen) atoms. The molecule has 0 aliphatic carbocycles. The normalized spacial score (nSPS) is 10.1. The van der Waals surface area contributed by atoms with Gasteiger partial charge < -0.3 is 4.74 Å². The molecule has 0 atom stereocenters. The Labute approximate surface area is 85.7 Å². The Hall–Kier alpha value is -1.49. The van der Waals surface area contributed by atoms with Crippen LogP contribution in [0.4, 0.5) is 0 Å². The van der Waals surface area contributed by atoms with Crippen LogP contribution in [0.15, 0.2) is 18.2 Å². The molecule has 0 saturated carbocycles. The van der Waals surface area contributed by atoms with Gasteiger partial charge in [-0.15, -0.1) is 0 Å². The lowest BCUT2D eigenvalue weighted by atomic mass is 10.1. The Morgan fingerprint density at radius 1 is 1.14 bits per heavy atom. The van der Waals surface area contributed by atoms with Gasteiger partial charge in [0, 0.05) is 11.5 Å². The van der Waals surface area contributed by atoms with Gasteiger partial charge in [-0.25, -0.2) is 0 Å². The molecule has 0 amide bonds. The van der Waals surface area contributed by atoms with E-state index in [0.29, 0.717) is 5.19 Å². The number of benzene rings is 1. The van der Waals surface area contributed by atoms with E-state index >= 15 is 0 Å². The number of hydrogen-bond acceptors (Lipinski definition) is 5. The first-order valence-corrected chi connectivity index (χ1v) is 4.92. The van der Waals surface area contributed by atoms with Crippen LogP contribution in [0, 0.1) is 13.8 Å². The summed E-state index contributed by atoms with van der Waals surface area (Å²) < 4.78 is 9.08. The molecule has 0 bridgehead atoms. The standard InChI is InChI=1S/C9H9N3OS/c1-6-3-7(2)5-8(4-6)13-9-10-11-12-14-9/h3-5H,1-2H3. The van der Waals surface area contributed by atoms with Gasteiger partial charge in [-0.1, -0.05) is 15.7 Å². The average molecular weight is 207 g/mol. The third-order valence-electron chi connectivity index (χ3n) is 1.68. The van der Waals surface area contributed by atoms with Gasteiger partial charge >= 0.3 is 5.19 Å². The van der Waals surface area contributed by atoms with Crippen molar-refractivity contribution in [2.45, 2.75) is 13.8 Å². The lowest BCUT2D eigenvalue weighted by molar-refractivity contribution is 0.472. The molecule has 0 fully saturated rings. The first-order chi connectivity index (χ1) is 6.74. The largest absolute Gasteiger partial charge is 0.429 e. The van der Waals surface area contributed by atoms with Gasteiger partial charge in [0.25, 0.3) is 0 Å². The van der Waals surface area contributed by atoms with Crippen molar-refractivity contribution < 1.29 is 4.74 Å². The summed E-state index contributed by atoms with van der Waals surface area (Å²) in [4.78, 5) is 0. The van der Waals surface area contributed by atoms with E-state index in [-0.39, 0.29) is 0 Å². The van der Waals surface area contributed by atoms with Crippen molar-refractivity contribution in [2.75, 3.05) is 0 Å². The predicted octanol–water partition coefficient (Wildman–Crippen LogP) is 2.34. The molecule has 1 aromatic carbocycles. The van der Waals surface area contributed by atoms with E-state index in [9.17, 15) is 0 Å². The Balaban J connectivity index is 2.25. The molecule has 2 rings (SSSR count). The third-order valence-corrected chi connectivity index (χ3v) is 2.16. The van der Waals surface area contributed by atoms with E-state index in [1.807, 2.05) is 26.0 Å². The highest BCUT2D eigenvalue weighted by atomic mass is 32.1. The number of ether oxygens (including phenoxy) is 1. The number of hydrogen-bond donors (Lipinski definition) is 0. The molecule has 0 unspecified atom stereocenters. The molecule has 0 N–H and O–H groups in total. The monoisotopic (exact) mass is 207 g/mol. The van der Waals surface area contributed by atoms with Crippen LogP contribution in [-0.2, 0) is 0 Å². The molecule has 0 radical (unpaired) electrons. The van der Waals surface area contributed by atoms with Crippen LogP contribution in [0.25, 0.3) is 0 Å². The average Bonchev–Trinajstić information content (AvgIpc) is 2.54. The minimum absolute atomic E-state index is 0.468. The molecule has 4 nitrogen and oxygen atoms in total. The van der Waals surface area contributed by atoms with Crippen LogP contribution in [0.3, 0.4) is 0 Å². The maximum absolute atomic E-state index is 5.46. The van der Waals surface area contributed by atoms with Gasteiger partial charge in [0.1, 0.15) is 5.75 Å². The van der Waals surface area contributed by atoms with Gasteiger partial charge in [-0.05, 0) is 42.3 Å². The molecular weight excluding hydrogens is 198 g/mol. The lowest BCUT2D eigenvalue weighted by Crippen LogP contribution is -1.85. The van der Waals surface area contributed by atoms with E-state index in [1.54, 1.807) is 0 Å². The van der Waals surface area contributed by atoms with Crippen LogP contribution < -0.4 is 4.74 Å². The molecule has 0 spiro atoms. The summed E-state index contributed by atoms with van der Waals surface area (Å²) in [6.45, 7) is 4.05. The summed E-state index contributed by atoms with van der Waals surface area (Å²) in [5, 5.41) is 7.63. The maximum Gasteiger partial charge on any atom is 0.319 e. The Kier molecular flexibility index (Phi) is 2.41. The van der Waals surface area contributed by atoms with Crippen molar-refractivity contribution >= 4 is 11.5 Å². The molecule has 1 heterocycles. The van der Waals surface area contributed by atoms with Crippen molar-refractivity contribution in [3.63, 3.8) is 0 Å². The molecule has 2 aromatic rings. The second-order valence-electron chi connectivity index (χ2n) is 3.05. The van der Waals surface area contributed by atoms with E-state index in [4.69, 9.17) is 4.74 Å². The van der Waals surface area contributed by atoms with Crippen molar-refractivity contribution in [1.82, 2.24) is 14.8 Å². The van der Waals surface area contributed by atoms with Crippen molar-refractivity contribution in [1.29, 1.82) is 0 Å². The lowest BCUT2D eigenvalue weighted by Gasteiger charge is -2.03. The fourth-order valence-corrected chi connectivity index (χ4v) is 1.61. The molecular formula is C9H9N3OS. The fourth-order valence-electron chi connectivity index (χ4n) is 1.26. The van der Waals surface area contributed by atoms with Crippen LogP contribution in [0.5, 0.6) is 10.9 Å². The molecule has 72 valence electrons. The SMILES string of the molecule is Cc1cc(C)cc(Oc2nnns2)c1. The zero-order chi connectivity index (χ0) is 9.97. The third kappa shape index (κ3) is 2.05. The first-order valence-electron chi connectivity index (χ1n) is 4.15. The minimum Gasteiger partial charge on any atom is -0.429 e. The zero-order valence-corrected chi connectivity index (χ0v) is 8.71. The second-order valence-corrected chi connectivity index (χ2v) is 3.75. The molecule has 0 saturated heterocycles. The summed E-state index contributed by atoms with van der Waals surface area (Å²) in [7, 11) is 0. The number of rotatable bonds is 2. The summed E-state index contributed by atoms with van der Waals surface area (Å²) >= 11 is 1.14. The summed E-state index contributed by atoms with van der Waals surface area (Å²) in [6, 6.07) is 5.99. The molecule has 0 aliphatic heterocycles. The van der Waals surface area contributed by atoms with Gasteiger partial charge in [0.2, 0.25) is 0 Å². The fraction of sp³-hybridized carbons (Fsp3) is 0.222. The molecule has 5 heteroatoms. The van der Waals surface area contributed by atoms with Crippen molar-refractivity contribution in [3.8, 4) is 10.9 Å². The van der Waals surface area contributed by atoms with E-state index in [2.05, 4.69) is 20.9 Å². The van der Waals surface area contributed by atoms with E-state index in [0.717, 1.165) is 28.4 Å². The quantitative estimate of drug-likeness (QED) is 0.758. The van der Waals surface area contributed by atoms with Gasteiger partial charge in [-0.3, -0.25) is 0 Å². The summed E-state index contributed by atoms with van der Waals surface area (Å²) in [5.41, 5.74) is 2.33. The van der Waals surface area contributed by atoms with Gasteiger partial charge in [0.15, 0.2) is 0 Å². The minimum atomic E-state index is 0.468. The van der Waals surface area contributed by atoms with Crippen LogP contribution in [0.2, 0.25) is 0 Å². The van der Waals surface area contributed by atoms with Crippen molar-refractivity contribution in [3.05, 3.63) is 29.3 Å². The Bertz CT molecular complexity index is 407. The first kappa shape index (κ1) is 9.08. The number of nitrogens with zero attached hydrogens (tertiary/aromatic N) is 3. The topological polar surface area (TPSA) is 47.9 Å². The number of aryl methyl sites for hydroxylation is 2. The smallest absolute Gasteiger partial charge is 0.319 e. The van der Waals surface area contributed by atoms with Crippen LogP contribution in [0.1, 0.15) is 11.1 Å². The summed E-state index contributed by atoms with van der Waals surface area (Å²) in [6.07, 6.45) is 0. The number of aromatic nitrogens is 3. The van der Waals surface area contributed by atoms with Crippen LogP contribution in [-0.4, -0.2) is 14.8 Å². The van der Waals surface area contributed by atoms with Gasteiger partial charge in [-0.2, -0.15) is 0 Å². The highest BCUT2D eigenvalue weighted by Crippen LogP contribution is 2.23. The molecule has 0 aliphatic rings. The Morgan fingerprint density at radius 3 is 2.43 bits per heavy atom. The van der Waals surface area contributed by atoms with Crippen LogP contribution >= 0.6 is 11.5 Å². The van der Waals surface area contributed by atoms with E-state index < -0.39 is 0 Å². The Morgan fingerprint density at radius 2 is 1.86 bits per heavy atom. The van der Waals surface area contributed by atoms with Gasteiger partial charge in [0.05, 0.1) is 0 Å².